The summed E-state index contributed by atoms with van der Waals surface area (Å²) in [6, 6.07) is 10.9. The van der Waals surface area contributed by atoms with Crippen LogP contribution in [0.5, 0.6) is 0 Å². The van der Waals surface area contributed by atoms with Crippen molar-refractivity contribution in [2.45, 2.75) is 19.0 Å². The summed E-state index contributed by atoms with van der Waals surface area (Å²) < 4.78 is 41.3. The Balaban J connectivity index is 1.81. The van der Waals surface area contributed by atoms with Crippen molar-refractivity contribution in [3.05, 3.63) is 69.2 Å². The topological polar surface area (TPSA) is 85.1 Å². The SMILES string of the molecule is CN(CCC#N)C1=NC(=O)C(=C(Cc2ccc(Cl)cc2C(F)(F)F)c2ccc3[nH]ncc3c2)S1. The number of alkyl halides is 3. The maximum Gasteiger partial charge on any atom is 0.416 e. The molecule has 11 heteroatoms. The fourth-order valence-electron chi connectivity index (χ4n) is 3.56. The van der Waals surface area contributed by atoms with E-state index in [4.69, 9.17) is 16.9 Å². The highest BCUT2D eigenvalue weighted by Gasteiger charge is 2.35. The first kappa shape index (κ1) is 23.9. The fourth-order valence-corrected chi connectivity index (χ4v) is 4.74. The highest BCUT2D eigenvalue weighted by Crippen LogP contribution is 2.40. The first-order valence-electron chi connectivity index (χ1n) is 10.1. The molecular formula is C23H17ClF3N5OS. The number of amidine groups is 1. The van der Waals surface area contributed by atoms with Crippen molar-refractivity contribution >= 4 is 50.9 Å². The summed E-state index contributed by atoms with van der Waals surface area (Å²) >= 11 is 6.94. The molecule has 174 valence electrons. The van der Waals surface area contributed by atoms with Gasteiger partial charge in [-0.15, -0.1) is 0 Å². The first-order chi connectivity index (χ1) is 16.2. The molecule has 34 heavy (non-hydrogen) atoms. The van der Waals surface area contributed by atoms with Crippen LogP contribution in [0.25, 0.3) is 16.5 Å². The van der Waals surface area contributed by atoms with Crippen molar-refractivity contribution in [2.24, 2.45) is 4.99 Å². The minimum Gasteiger partial charge on any atom is -0.353 e. The Hall–Kier alpha value is -3.29. The molecular weight excluding hydrogens is 487 g/mol. The summed E-state index contributed by atoms with van der Waals surface area (Å²) in [5.74, 6) is -0.534. The van der Waals surface area contributed by atoms with Crippen LogP contribution in [0.1, 0.15) is 23.1 Å². The van der Waals surface area contributed by atoms with E-state index in [0.717, 1.165) is 28.7 Å². The summed E-state index contributed by atoms with van der Waals surface area (Å²) in [5, 5.41) is 16.8. The molecule has 1 amide bonds. The molecule has 1 aliphatic heterocycles. The summed E-state index contributed by atoms with van der Waals surface area (Å²) in [7, 11) is 1.71. The molecule has 2 aromatic carbocycles. The fraction of sp³-hybridized carbons (Fsp3) is 0.217. The van der Waals surface area contributed by atoms with Gasteiger partial charge in [0, 0.05) is 24.0 Å². The average molecular weight is 504 g/mol. The number of carbonyl (C=O) groups is 1. The van der Waals surface area contributed by atoms with E-state index in [1.54, 1.807) is 36.3 Å². The van der Waals surface area contributed by atoms with Crippen LogP contribution in [0.2, 0.25) is 5.02 Å². The van der Waals surface area contributed by atoms with Crippen LogP contribution in [0.15, 0.2) is 52.5 Å². The molecule has 0 radical (unpaired) electrons. The largest absolute Gasteiger partial charge is 0.416 e. The smallest absolute Gasteiger partial charge is 0.353 e. The van der Waals surface area contributed by atoms with Gasteiger partial charge in [-0.1, -0.05) is 23.7 Å². The molecule has 0 saturated carbocycles. The third kappa shape index (κ3) is 4.95. The van der Waals surface area contributed by atoms with Crippen LogP contribution in [0, 0.1) is 11.3 Å². The van der Waals surface area contributed by atoms with Gasteiger partial charge in [0.15, 0.2) is 5.17 Å². The zero-order valence-corrected chi connectivity index (χ0v) is 19.4. The zero-order valence-electron chi connectivity index (χ0n) is 17.8. The summed E-state index contributed by atoms with van der Waals surface area (Å²) in [6.07, 6.45) is -2.93. The van der Waals surface area contributed by atoms with Crippen LogP contribution >= 0.6 is 23.4 Å². The minimum absolute atomic E-state index is 0.00799. The number of allylic oxidation sites excluding steroid dienone is 1. The first-order valence-corrected chi connectivity index (χ1v) is 11.3. The van der Waals surface area contributed by atoms with Crippen LogP contribution in [-0.4, -0.2) is 39.8 Å². The molecule has 0 aliphatic carbocycles. The van der Waals surface area contributed by atoms with E-state index in [-0.39, 0.29) is 28.3 Å². The number of nitriles is 1. The Bertz CT molecular complexity index is 1370. The monoisotopic (exact) mass is 503 g/mol. The summed E-state index contributed by atoms with van der Waals surface area (Å²) in [5.41, 5.74) is 0.896. The number of thioether (sulfide) groups is 1. The summed E-state index contributed by atoms with van der Waals surface area (Å²) in [4.78, 5) is 18.9. The lowest BCUT2D eigenvalue weighted by molar-refractivity contribution is -0.138. The number of aliphatic imine (C=N–C) groups is 1. The Morgan fingerprint density at radius 3 is 2.79 bits per heavy atom. The second kappa shape index (κ2) is 9.52. The number of fused-ring (bicyclic) bond motifs is 1. The highest BCUT2D eigenvalue weighted by molar-refractivity contribution is 8.18. The van der Waals surface area contributed by atoms with Crippen LogP contribution < -0.4 is 0 Å². The Morgan fingerprint density at radius 2 is 2.06 bits per heavy atom. The van der Waals surface area contributed by atoms with E-state index in [2.05, 4.69) is 15.2 Å². The zero-order chi connectivity index (χ0) is 24.5. The van der Waals surface area contributed by atoms with Crippen molar-refractivity contribution in [2.75, 3.05) is 13.6 Å². The van der Waals surface area contributed by atoms with Gasteiger partial charge in [-0.2, -0.15) is 28.5 Å². The third-order valence-electron chi connectivity index (χ3n) is 5.28. The number of hydrogen-bond acceptors (Lipinski definition) is 5. The second-order valence-electron chi connectivity index (χ2n) is 7.59. The number of rotatable bonds is 5. The van der Waals surface area contributed by atoms with Gasteiger partial charge in [0.2, 0.25) is 0 Å². The van der Waals surface area contributed by atoms with Gasteiger partial charge in [-0.25, -0.2) is 0 Å². The number of aromatic amines is 1. The van der Waals surface area contributed by atoms with Crippen molar-refractivity contribution in [1.29, 1.82) is 5.26 Å². The van der Waals surface area contributed by atoms with E-state index in [9.17, 15) is 18.0 Å². The number of nitrogens with zero attached hydrogens (tertiary/aromatic N) is 4. The van der Waals surface area contributed by atoms with Crippen molar-refractivity contribution in [3.8, 4) is 6.07 Å². The Morgan fingerprint density at radius 1 is 1.26 bits per heavy atom. The predicted molar refractivity (Wildman–Crippen MR) is 126 cm³/mol. The average Bonchev–Trinajstić information content (AvgIpc) is 3.42. The van der Waals surface area contributed by atoms with Gasteiger partial charge in [0.1, 0.15) is 0 Å². The lowest BCUT2D eigenvalue weighted by Gasteiger charge is -2.18. The van der Waals surface area contributed by atoms with Gasteiger partial charge in [-0.3, -0.25) is 9.89 Å². The Labute approximate surface area is 202 Å². The number of aromatic nitrogens is 2. The molecule has 0 bridgehead atoms. The number of hydrogen-bond donors (Lipinski definition) is 1. The molecule has 0 spiro atoms. The maximum absolute atomic E-state index is 13.8. The molecule has 0 unspecified atom stereocenters. The lowest BCUT2D eigenvalue weighted by atomic mass is 9.93. The lowest BCUT2D eigenvalue weighted by Crippen LogP contribution is -2.23. The number of nitrogens with one attached hydrogen (secondary N) is 1. The van der Waals surface area contributed by atoms with E-state index in [0.29, 0.717) is 22.8 Å². The van der Waals surface area contributed by atoms with Crippen molar-refractivity contribution in [1.82, 2.24) is 15.1 Å². The molecule has 0 saturated heterocycles. The number of H-pyrrole nitrogens is 1. The van der Waals surface area contributed by atoms with Crippen LogP contribution in [0.4, 0.5) is 13.2 Å². The molecule has 1 aromatic heterocycles. The van der Waals surface area contributed by atoms with Gasteiger partial charge in [0.25, 0.3) is 5.91 Å². The normalized spacial score (nSPS) is 15.4. The molecule has 1 aliphatic rings. The third-order valence-corrected chi connectivity index (χ3v) is 6.72. The minimum atomic E-state index is -4.61. The number of halogens is 4. The van der Waals surface area contributed by atoms with Gasteiger partial charge in [-0.05, 0) is 59.1 Å². The van der Waals surface area contributed by atoms with Gasteiger partial charge >= 0.3 is 6.18 Å². The second-order valence-corrected chi connectivity index (χ2v) is 9.00. The Kier molecular flexibility index (Phi) is 6.68. The quantitative estimate of drug-likeness (QED) is 0.454. The molecule has 0 fully saturated rings. The molecule has 2 heterocycles. The van der Waals surface area contributed by atoms with Crippen molar-refractivity contribution < 1.29 is 18.0 Å². The van der Waals surface area contributed by atoms with Crippen molar-refractivity contribution in [3.63, 3.8) is 0 Å². The maximum atomic E-state index is 13.8. The number of benzene rings is 2. The van der Waals surface area contributed by atoms with Gasteiger partial charge < -0.3 is 4.90 Å². The number of carbonyl (C=O) groups excluding carboxylic acids is 1. The molecule has 4 rings (SSSR count). The number of amides is 1. The van der Waals surface area contributed by atoms with E-state index < -0.39 is 17.6 Å². The molecule has 3 aromatic rings. The summed E-state index contributed by atoms with van der Waals surface area (Å²) in [6.45, 7) is 0.370. The van der Waals surface area contributed by atoms with E-state index in [1.807, 2.05) is 6.07 Å². The molecule has 0 atom stereocenters. The van der Waals surface area contributed by atoms with Crippen LogP contribution in [-0.2, 0) is 17.4 Å². The van der Waals surface area contributed by atoms with Crippen LogP contribution in [0.3, 0.4) is 0 Å². The predicted octanol–water partition coefficient (Wildman–Crippen LogP) is 5.66. The highest BCUT2D eigenvalue weighted by atomic mass is 35.5. The van der Waals surface area contributed by atoms with E-state index in [1.165, 1.54) is 12.1 Å². The molecule has 1 N–H and O–H groups in total. The standard InChI is InChI=1S/C23H17ClF3N5OS/c1-32(8-2-7-28)22-30-21(33)20(34-22)17(13-4-6-19-15(9-13)12-29-31-19)10-14-3-5-16(24)11-18(14)23(25,26)27/h3-6,9,11-12H,2,8,10H2,1H3,(H,29,31). The van der Waals surface area contributed by atoms with Gasteiger partial charge in [0.05, 0.1) is 34.7 Å². The van der Waals surface area contributed by atoms with E-state index >= 15 is 0 Å². The molecule has 6 nitrogen and oxygen atoms in total.